The lowest BCUT2D eigenvalue weighted by Gasteiger charge is -2.16. The van der Waals surface area contributed by atoms with Crippen LogP contribution in [0, 0.1) is 5.82 Å². The van der Waals surface area contributed by atoms with Crippen molar-refractivity contribution in [3.63, 3.8) is 0 Å². The van der Waals surface area contributed by atoms with Gasteiger partial charge in [-0.05, 0) is 19.1 Å². The average molecular weight is 265 g/mol. The van der Waals surface area contributed by atoms with Gasteiger partial charge < -0.3 is 9.84 Å². The molecule has 0 saturated carbocycles. The van der Waals surface area contributed by atoms with Crippen molar-refractivity contribution >= 4 is 17.6 Å². The summed E-state index contributed by atoms with van der Waals surface area (Å²) in [5.74, 6) is -2.13. The maximum atomic E-state index is 13.5. The minimum atomic E-state index is -2.37. The third-order valence-corrected chi connectivity index (χ3v) is 2.41. The van der Waals surface area contributed by atoms with Gasteiger partial charge in [0, 0.05) is 10.6 Å². The summed E-state index contributed by atoms with van der Waals surface area (Å²) in [6.07, 6.45) is -4.35. The summed E-state index contributed by atoms with van der Waals surface area (Å²) in [7, 11) is 0. The monoisotopic (exact) mass is 264 g/mol. The summed E-state index contributed by atoms with van der Waals surface area (Å²) in [4.78, 5) is 11.1. The predicted octanol–water partition coefficient (Wildman–Crippen LogP) is 2.41. The highest BCUT2D eigenvalue weighted by atomic mass is 35.5. The largest absolute Gasteiger partial charge is 0.464 e. The number of rotatable bonds is 4. The number of esters is 1. The van der Waals surface area contributed by atoms with Crippen molar-refractivity contribution in [2.24, 2.45) is 0 Å². The molecule has 2 atom stereocenters. The highest BCUT2D eigenvalue weighted by Gasteiger charge is 2.32. The molecule has 1 N–H and O–H groups in total. The number of alkyl halides is 1. The Labute approximate surface area is 102 Å². The van der Waals surface area contributed by atoms with Crippen molar-refractivity contribution in [3.05, 3.63) is 34.6 Å². The first-order chi connectivity index (χ1) is 7.99. The molecule has 6 heteroatoms. The van der Waals surface area contributed by atoms with E-state index < -0.39 is 29.6 Å². The Morgan fingerprint density at radius 1 is 1.59 bits per heavy atom. The van der Waals surface area contributed by atoms with Crippen LogP contribution in [0.5, 0.6) is 0 Å². The SMILES string of the molecule is CCOC(=O)C(F)C(O)c1c(F)cccc1Cl. The van der Waals surface area contributed by atoms with Crippen molar-refractivity contribution < 1.29 is 23.4 Å². The van der Waals surface area contributed by atoms with Crippen LogP contribution in [0.15, 0.2) is 18.2 Å². The van der Waals surface area contributed by atoms with Crippen molar-refractivity contribution in [2.45, 2.75) is 19.2 Å². The Balaban J connectivity index is 2.96. The fraction of sp³-hybridized carbons (Fsp3) is 0.364. The second-order valence-electron chi connectivity index (χ2n) is 3.23. The number of hydrogen-bond donors (Lipinski definition) is 1. The molecule has 3 nitrogen and oxygen atoms in total. The molecule has 0 bridgehead atoms. The summed E-state index contributed by atoms with van der Waals surface area (Å²) in [5, 5.41) is 9.40. The second-order valence-corrected chi connectivity index (χ2v) is 3.64. The van der Waals surface area contributed by atoms with Gasteiger partial charge in [-0.25, -0.2) is 13.6 Å². The van der Waals surface area contributed by atoms with Gasteiger partial charge in [0.1, 0.15) is 11.9 Å². The molecule has 2 unspecified atom stereocenters. The predicted molar refractivity (Wildman–Crippen MR) is 57.9 cm³/mol. The van der Waals surface area contributed by atoms with Gasteiger partial charge in [-0.15, -0.1) is 0 Å². The van der Waals surface area contributed by atoms with E-state index in [0.717, 1.165) is 6.07 Å². The molecule has 1 aromatic rings. The maximum Gasteiger partial charge on any atom is 0.343 e. The van der Waals surface area contributed by atoms with Gasteiger partial charge in [0.15, 0.2) is 0 Å². The molecule has 0 aromatic heterocycles. The third-order valence-electron chi connectivity index (χ3n) is 2.08. The van der Waals surface area contributed by atoms with Gasteiger partial charge in [0.05, 0.1) is 6.61 Å². The van der Waals surface area contributed by atoms with Crippen LogP contribution < -0.4 is 0 Å². The number of halogens is 3. The Morgan fingerprint density at radius 2 is 2.24 bits per heavy atom. The van der Waals surface area contributed by atoms with E-state index in [9.17, 15) is 18.7 Å². The van der Waals surface area contributed by atoms with Crippen molar-refractivity contribution in [1.29, 1.82) is 0 Å². The van der Waals surface area contributed by atoms with E-state index >= 15 is 0 Å². The average Bonchev–Trinajstić information content (AvgIpc) is 2.27. The molecule has 94 valence electrons. The summed E-state index contributed by atoms with van der Waals surface area (Å²) in [5.41, 5.74) is -0.449. The molecule has 0 heterocycles. The van der Waals surface area contributed by atoms with Gasteiger partial charge in [-0.3, -0.25) is 0 Å². The number of ether oxygens (including phenoxy) is 1. The molecular weight excluding hydrogens is 254 g/mol. The Kier molecular flexibility index (Phi) is 4.84. The first kappa shape index (κ1) is 13.9. The lowest BCUT2D eigenvalue weighted by Crippen LogP contribution is -2.26. The fourth-order valence-corrected chi connectivity index (χ4v) is 1.57. The normalized spacial score (nSPS) is 14.2. The number of carbonyl (C=O) groups is 1. The van der Waals surface area contributed by atoms with Gasteiger partial charge in [0.2, 0.25) is 6.17 Å². The van der Waals surface area contributed by atoms with Crippen LogP contribution in [0.2, 0.25) is 5.02 Å². The zero-order valence-electron chi connectivity index (χ0n) is 8.99. The molecule has 0 saturated heterocycles. The first-order valence-corrected chi connectivity index (χ1v) is 5.29. The van der Waals surface area contributed by atoms with Crippen LogP contribution in [-0.2, 0) is 9.53 Å². The topological polar surface area (TPSA) is 46.5 Å². The van der Waals surface area contributed by atoms with E-state index in [1.54, 1.807) is 0 Å². The van der Waals surface area contributed by atoms with Crippen LogP contribution in [0.1, 0.15) is 18.6 Å². The van der Waals surface area contributed by atoms with E-state index in [2.05, 4.69) is 4.74 Å². The molecule has 0 fully saturated rings. The number of carbonyl (C=O) groups excluding carboxylic acids is 1. The molecule has 1 rings (SSSR count). The molecule has 0 radical (unpaired) electrons. The molecule has 0 spiro atoms. The van der Waals surface area contributed by atoms with Crippen molar-refractivity contribution in [3.8, 4) is 0 Å². The Hall–Kier alpha value is -1.20. The summed E-state index contributed by atoms with van der Waals surface area (Å²) >= 11 is 5.63. The Morgan fingerprint density at radius 3 is 2.76 bits per heavy atom. The Bertz CT molecular complexity index is 391. The van der Waals surface area contributed by atoms with Gasteiger partial charge in [0.25, 0.3) is 0 Å². The van der Waals surface area contributed by atoms with Crippen LogP contribution >= 0.6 is 11.6 Å². The lowest BCUT2D eigenvalue weighted by atomic mass is 10.0. The molecule has 0 aliphatic heterocycles. The second kappa shape index (κ2) is 5.93. The van der Waals surface area contributed by atoms with Gasteiger partial charge in [-0.2, -0.15) is 0 Å². The van der Waals surface area contributed by atoms with Crippen LogP contribution in [0.25, 0.3) is 0 Å². The molecule has 17 heavy (non-hydrogen) atoms. The number of aliphatic hydroxyl groups is 1. The van der Waals surface area contributed by atoms with Crippen LogP contribution in [0.4, 0.5) is 8.78 Å². The lowest BCUT2D eigenvalue weighted by molar-refractivity contribution is -0.153. The zero-order valence-corrected chi connectivity index (χ0v) is 9.75. The highest BCUT2D eigenvalue weighted by molar-refractivity contribution is 6.31. The number of aliphatic hydroxyl groups excluding tert-OH is 1. The van der Waals surface area contributed by atoms with E-state index in [-0.39, 0.29) is 11.6 Å². The fourth-order valence-electron chi connectivity index (χ4n) is 1.29. The summed E-state index contributed by atoms with van der Waals surface area (Å²) < 4.78 is 31.2. The summed E-state index contributed by atoms with van der Waals surface area (Å²) in [6.45, 7) is 1.46. The quantitative estimate of drug-likeness (QED) is 0.850. The van der Waals surface area contributed by atoms with E-state index in [1.165, 1.54) is 19.1 Å². The van der Waals surface area contributed by atoms with Gasteiger partial charge >= 0.3 is 5.97 Å². The minimum Gasteiger partial charge on any atom is -0.464 e. The third kappa shape index (κ3) is 3.14. The van der Waals surface area contributed by atoms with E-state index in [1.807, 2.05) is 0 Å². The maximum absolute atomic E-state index is 13.5. The summed E-state index contributed by atoms with van der Waals surface area (Å²) in [6, 6.07) is 3.62. The van der Waals surface area contributed by atoms with E-state index in [0.29, 0.717) is 0 Å². The standard InChI is InChI=1S/C11H11ClF2O3/c1-2-17-11(16)9(14)10(15)8-6(12)4-3-5-7(8)13/h3-5,9-10,15H,2H2,1H3. The molecule has 0 amide bonds. The highest BCUT2D eigenvalue weighted by Crippen LogP contribution is 2.29. The molecule has 0 aliphatic carbocycles. The van der Waals surface area contributed by atoms with Crippen molar-refractivity contribution in [1.82, 2.24) is 0 Å². The van der Waals surface area contributed by atoms with E-state index in [4.69, 9.17) is 11.6 Å². The first-order valence-electron chi connectivity index (χ1n) is 4.91. The van der Waals surface area contributed by atoms with Crippen LogP contribution in [0.3, 0.4) is 0 Å². The molecule has 0 aliphatic rings. The number of hydrogen-bond acceptors (Lipinski definition) is 3. The van der Waals surface area contributed by atoms with Crippen LogP contribution in [-0.4, -0.2) is 23.9 Å². The van der Waals surface area contributed by atoms with Gasteiger partial charge in [-0.1, -0.05) is 17.7 Å². The molecular formula is C11H11ClF2O3. The smallest absolute Gasteiger partial charge is 0.343 e. The van der Waals surface area contributed by atoms with Crippen molar-refractivity contribution in [2.75, 3.05) is 6.61 Å². The molecule has 1 aromatic carbocycles. The number of benzene rings is 1. The zero-order chi connectivity index (χ0) is 13.0. The minimum absolute atomic E-state index is 0.0308.